The Morgan fingerprint density at radius 1 is 1.17 bits per heavy atom. The minimum Gasteiger partial charge on any atom is -0.454 e. The fourth-order valence-corrected chi connectivity index (χ4v) is 2.00. The van der Waals surface area contributed by atoms with Crippen molar-refractivity contribution < 1.29 is 9.13 Å². The second-order valence-electron chi connectivity index (χ2n) is 3.71. The fraction of sp³-hybridized carbons (Fsp3) is 0.143. The van der Waals surface area contributed by atoms with E-state index in [1.807, 2.05) is 30.5 Å². The standard InChI is InChI=1S/C14H14FNOS/c1-18-12-7-5-11(6-8-12)17-14-10(9-16)3-2-4-13(14)15/h2-8H,9,16H2,1H3. The van der Waals surface area contributed by atoms with E-state index in [0.717, 1.165) is 4.90 Å². The third-order valence-electron chi connectivity index (χ3n) is 2.55. The largest absolute Gasteiger partial charge is 0.454 e. The molecule has 2 aromatic carbocycles. The summed E-state index contributed by atoms with van der Waals surface area (Å²) in [5.74, 6) is 0.413. The van der Waals surface area contributed by atoms with E-state index in [1.165, 1.54) is 6.07 Å². The number of hydrogen-bond donors (Lipinski definition) is 1. The van der Waals surface area contributed by atoms with Crippen LogP contribution in [0.4, 0.5) is 4.39 Å². The Hall–Kier alpha value is -1.52. The van der Waals surface area contributed by atoms with E-state index in [9.17, 15) is 4.39 Å². The summed E-state index contributed by atoms with van der Waals surface area (Å²) in [5.41, 5.74) is 6.23. The van der Waals surface area contributed by atoms with Crippen LogP contribution in [-0.2, 0) is 6.54 Å². The van der Waals surface area contributed by atoms with Crippen LogP contribution in [0.2, 0.25) is 0 Å². The third-order valence-corrected chi connectivity index (χ3v) is 3.29. The fourth-order valence-electron chi connectivity index (χ4n) is 1.59. The van der Waals surface area contributed by atoms with E-state index in [2.05, 4.69) is 0 Å². The van der Waals surface area contributed by atoms with Crippen LogP contribution in [-0.4, -0.2) is 6.26 Å². The lowest BCUT2D eigenvalue weighted by Crippen LogP contribution is -2.01. The predicted molar refractivity (Wildman–Crippen MR) is 72.6 cm³/mol. The Labute approximate surface area is 110 Å². The molecule has 4 heteroatoms. The first kappa shape index (κ1) is 12.9. The smallest absolute Gasteiger partial charge is 0.167 e. The molecule has 2 N–H and O–H groups in total. The second kappa shape index (κ2) is 5.89. The summed E-state index contributed by atoms with van der Waals surface area (Å²) in [6, 6.07) is 12.3. The van der Waals surface area contributed by atoms with Gasteiger partial charge in [0.2, 0.25) is 0 Å². The van der Waals surface area contributed by atoms with Gasteiger partial charge in [-0.15, -0.1) is 11.8 Å². The van der Waals surface area contributed by atoms with Gasteiger partial charge in [0, 0.05) is 17.0 Å². The molecule has 0 saturated heterocycles. The van der Waals surface area contributed by atoms with Gasteiger partial charge in [-0.05, 0) is 36.6 Å². The van der Waals surface area contributed by atoms with Gasteiger partial charge in [0.25, 0.3) is 0 Å². The van der Waals surface area contributed by atoms with Crippen LogP contribution in [0.3, 0.4) is 0 Å². The highest BCUT2D eigenvalue weighted by Crippen LogP contribution is 2.29. The zero-order valence-corrected chi connectivity index (χ0v) is 10.8. The average molecular weight is 263 g/mol. The molecular formula is C14H14FNOS. The first-order valence-electron chi connectivity index (χ1n) is 5.54. The number of ether oxygens (including phenoxy) is 1. The molecule has 0 fully saturated rings. The molecule has 2 rings (SSSR count). The van der Waals surface area contributed by atoms with Gasteiger partial charge in [-0.2, -0.15) is 0 Å². The topological polar surface area (TPSA) is 35.2 Å². The van der Waals surface area contributed by atoms with E-state index in [4.69, 9.17) is 10.5 Å². The van der Waals surface area contributed by atoms with Gasteiger partial charge in [-0.1, -0.05) is 12.1 Å². The van der Waals surface area contributed by atoms with Gasteiger partial charge in [0.05, 0.1) is 0 Å². The van der Waals surface area contributed by atoms with Crippen molar-refractivity contribution in [2.75, 3.05) is 6.26 Å². The molecule has 18 heavy (non-hydrogen) atoms. The number of thioether (sulfide) groups is 1. The van der Waals surface area contributed by atoms with Crippen LogP contribution in [0.5, 0.6) is 11.5 Å². The first-order chi connectivity index (χ1) is 8.74. The molecule has 0 heterocycles. The number of nitrogens with two attached hydrogens (primary N) is 1. The highest BCUT2D eigenvalue weighted by Gasteiger charge is 2.09. The maximum absolute atomic E-state index is 13.7. The lowest BCUT2D eigenvalue weighted by molar-refractivity contribution is 0.436. The summed E-state index contributed by atoms with van der Waals surface area (Å²) in [6.45, 7) is 0.246. The molecule has 0 unspecified atom stereocenters. The summed E-state index contributed by atoms with van der Waals surface area (Å²) in [7, 11) is 0. The number of para-hydroxylation sites is 1. The Bertz CT molecular complexity index is 528. The molecular weight excluding hydrogens is 249 g/mol. The maximum Gasteiger partial charge on any atom is 0.167 e. The number of hydrogen-bond acceptors (Lipinski definition) is 3. The molecule has 0 amide bonds. The molecule has 2 nitrogen and oxygen atoms in total. The predicted octanol–water partition coefficient (Wildman–Crippen LogP) is 3.80. The van der Waals surface area contributed by atoms with E-state index in [0.29, 0.717) is 11.3 Å². The van der Waals surface area contributed by atoms with Crippen LogP contribution < -0.4 is 10.5 Å². The molecule has 94 valence electrons. The van der Waals surface area contributed by atoms with Crippen molar-refractivity contribution in [1.29, 1.82) is 0 Å². The van der Waals surface area contributed by atoms with E-state index >= 15 is 0 Å². The van der Waals surface area contributed by atoms with Gasteiger partial charge in [0.1, 0.15) is 5.75 Å². The molecule has 0 aliphatic heterocycles. The lowest BCUT2D eigenvalue weighted by atomic mass is 10.2. The van der Waals surface area contributed by atoms with Crippen molar-refractivity contribution in [2.45, 2.75) is 11.4 Å². The summed E-state index contributed by atoms with van der Waals surface area (Å²) in [6.07, 6.45) is 2.00. The summed E-state index contributed by atoms with van der Waals surface area (Å²) in [5, 5.41) is 0. The Balaban J connectivity index is 2.27. The normalized spacial score (nSPS) is 10.4. The Kier molecular flexibility index (Phi) is 4.23. The van der Waals surface area contributed by atoms with Crippen molar-refractivity contribution in [1.82, 2.24) is 0 Å². The van der Waals surface area contributed by atoms with Gasteiger partial charge < -0.3 is 10.5 Å². The first-order valence-corrected chi connectivity index (χ1v) is 6.76. The average Bonchev–Trinajstić information content (AvgIpc) is 2.42. The minimum absolute atomic E-state index is 0.205. The van der Waals surface area contributed by atoms with Crippen LogP contribution in [0.25, 0.3) is 0 Å². The van der Waals surface area contributed by atoms with Gasteiger partial charge in [-0.3, -0.25) is 0 Å². The Morgan fingerprint density at radius 2 is 1.89 bits per heavy atom. The van der Waals surface area contributed by atoms with Crippen LogP contribution in [0.15, 0.2) is 47.4 Å². The molecule has 0 aliphatic carbocycles. The van der Waals surface area contributed by atoms with Gasteiger partial charge in [-0.25, -0.2) is 4.39 Å². The quantitative estimate of drug-likeness (QED) is 0.852. The zero-order chi connectivity index (χ0) is 13.0. The number of benzene rings is 2. The third kappa shape index (κ3) is 2.83. The van der Waals surface area contributed by atoms with Crippen molar-refractivity contribution >= 4 is 11.8 Å². The van der Waals surface area contributed by atoms with Crippen molar-refractivity contribution in [3.63, 3.8) is 0 Å². The highest BCUT2D eigenvalue weighted by atomic mass is 32.2. The molecule has 0 saturated carbocycles. The number of halogens is 1. The second-order valence-corrected chi connectivity index (χ2v) is 4.59. The van der Waals surface area contributed by atoms with Crippen molar-refractivity contribution in [3.05, 3.63) is 53.8 Å². The monoisotopic (exact) mass is 263 g/mol. The zero-order valence-electron chi connectivity index (χ0n) is 10.0. The van der Waals surface area contributed by atoms with E-state index < -0.39 is 5.82 Å². The molecule has 0 bridgehead atoms. The Morgan fingerprint density at radius 3 is 2.50 bits per heavy atom. The van der Waals surface area contributed by atoms with E-state index in [1.54, 1.807) is 23.9 Å². The summed E-state index contributed by atoms with van der Waals surface area (Å²) in [4.78, 5) is 1.13. The highest BCUT2D eigenvalue weighted by molar-refractivity contribution is 7.98. The summed E-state index contributed by atoms with van der Waals surface area (Å²) < 4.78 is 19.2. The van der Waals surface area contributed by atoms with Gasteiger partial charge >= 0.3 is 0 Å². The lowest BCUT2D eigenvalue weighted by Gasteiger charge is -2.11. The van der Waals surface area contributed by atoms with Crippen LogP contribution in [0.1, 0.15) is 5.56 Å². The summed E-state index contributed by atoms with van der Waals surface area (Å²) >= 11 is 1.64. The molecule has 0 spiro atoms. The maximum atomic E-state index is 13.7. The molecule has 2 aromatic rings. The molecule has 0 aliphatic rings. The van der Waals surface area contributed by atoms with Crippen LogP contribution in [0, 0.1) is 5.82 Å². The number of rotatable bonds is 4. The van der Waals surface area contributed by atoms with Crippen LogP contribution >= 0.6 is 11.8 Å². The molecule has 0 atom stereocenters. The minimum atomic E-state index is -0.396. The molecule has 0 aromatic heterocycles. The molecule has 0 radical (unpaired) electrons. The van der Waals surface area contributed by atoms with Crippen molar-refractivity contribution in [3.8, 4) is 11.5 Å². The van der Waals surface area contributed by atoms with E-state index in [-0.39, 0.29) is 12.3 Å². The van der Waals surface area contributed by atoms with Crippen molar-refractivity contribution in [2.24, 2.45) is 5.73 Å². The van der Waals surface area contributed by atoms with Gasteiger partial charge in [0.15, 0.2) is 11.6 Å². The SMILES string of the molecule is CSc1ccc(Oc2c(F)cccc2CN)cc1.